The average molecular weight is 380 g/mol. The van der Waals surface area contributed by atoms with Crippen molar-refractivity contribution in [2.45, 2.75) is 0 Å². The first-order chi connectivity index (χ1) is 9.01. The second-order valence-corrected chi connectivity index (χ2v) is 4.68. The number of rotatable bonds is 6. The number of halogens is 1. The van der Waals surface area contributed by atoms with Crippen molar-refractivity contribution in [1.29, 1.82) is 0 Å². The number of anilines is 1. The van der Waals surface area contributed by atoms with Crippen molar-refractivity contribution < 1.29 is 19.2 Å². The Morgan fingerprint density at radius 1 is 1.47 bits per heavy atom. The summed E-state index contributed by atoms with van der Waals surface area (Å²) in [7, 11) is 2.79. The van der Waals surface area contributed by atoms with Gasteiger partial charge in [-0.15, -0.1) is 0 Å². The largest absolute Gasteiger partial charge is 0.465 e. The number of hydrogen-bond donors (Lipinski definition) is 1. The third-order valence-corrected chi connectivity index (χ3v) is 3.11. The molecular weight excluding hydrogens is 367 g/mol. The summed E-state index contributed by atoms with van der Waals surface area (Å²) in [6, 6.07) is 2.83. The molecule has 0 aliphatic heterocycles. The lowest BCUT2D eigenvalue weighted by molar-refractivity contribution is -0.384. The lowest BCUT2D eigenvalue weighted by atomic mass is 10.1. The van der Waals surface area contributed by atoms with Crippen molar-refractivity contribution in [2.24, 2.45) is 0 Å². The van der Waals surface area contributed by atoms with Crippen LogP contribution in [0.1, 0.15) is 10.4 Å². The minimum Gasteiger partial charge on any atom is -0.465 e. The van der Waals surface area contributed by atoms with Crippen LogP contribution in [0.25, 0.3) is 0 Å². The number of carbonyl (C=O) groups excluding carboxylic acids is 1. The highest BCUT2D eigenvalue weighted by Gasteiger charge is 2.21. The van der Waals surface area contributed by atoms with E-state index in [0.29, 0.717) is 16.7 Å². The zero-order valence-corrected chi connectivity index (χ0v) is 12.6. The summed E-state index contributed by atoms with van der Waals surface area (Å²) in [6.45, 7) is 0.800. The molecule has 0 spiro atoms. The Bertz CT molecular complexity index is 492. The molecule has 1 aromatic rings. The number of nitrogens with one attached hydrogen (secondary N) is 1. The molecule has 1 N–H and O–H groups in total. The molecular formula is C11H13IN2O5. The summed E-state index contributed by atoms with van der Waals surface area (Å²) in [6.07, 6.45) is 0. The van der Waals surface area contributed by atoms with E-state index in [1.165, 1.54) is 26.4 Å². The lowest BCUT2D eigenvalue weighted by Gasteiger charge is -2.09. The minimum absolute atomic E-state index is 0.0654. The zero-order chi connectivity index (χ0) is 14.4. The number of methoxy groups -OCH3 is 2. The molecule has 0 fully saturated rings. The van der Waals surface area contributed by atoms with Crippen LogP contribution < -0.4 is 5.32 Å². The van der Waals surface area contributed by atoms with E-state index in [0.717, 1.165) is 0 Å². The number of esters is 1. The van der Waals surface area contributed by atoms with Gasteiger partial charge in [-0.25, -0.2) is 4.79 Å². The molecule has 0 aliphatic carbocycles. The highest BCUT2D eigenvalue weighted by molar-refractivity contribution is 14.1. The van der Waals surface area contributed by atoms with E-state index in [1.54, 1.807) is 0 Å². The van der Waals surface area contributed by atoms with Crippen LogP contribution in [0.2, 0.25) is 0 Å². The topological polar surface area (TPSA) is 90.7 Å². The Morgan fingerprint density at radius 3 is 2.68 bits per heavy atom. The Hall–Kier alpha value is -1.42. The standard InChI is InChI=1S/C11H13IN2O5/c1-18-4-3-13-9-6-7(11(15)19-2)5-8(12)10(9)14(16)17/h5-6,13H,3-4H2,1-2H3. The molecule has 0 atom stereocenters. The summed E-state index contributed by atoms with van der Waals surface area (Å²) >= 11 is 1.82. The smallest absolute Gasteiger partial charge is 0.337 e. The molecule has 7 nitrogen and oxygen atoms in total. The molecule has 0 bridgehead atoms. The molecule has 1 rings (SSSR count). The predicted octanol–water partition coefficient (Wildman–Crippen LogP) is 2.04. The summed E-state index contributed by atoms with van der Waals surface area (Å²) < 4.78 is 9.84. The first kappa shape index (κ1) is 15.6. The van der Waals surface area contributed by atoms with Gasteiger partial charge in [0.2, 0.25) is 0 Å². The van der Waals surface area contributed by atoms with E-state index in [1.807, 2.05) is 22.6 Å². The van der Waals surface area contributed by atoms with Crippen LogP contribution in [0.3, 0.4) is 0 Å². The van der Waals surface area contributed by atoms with Crippen LogP contribution in [0.15, 0.2) is 12.1 Å². The Morgan fingerprint density at radius 2 is 2.16 bits per heavy atom. The van der Waals surface area contributed by atoms with E-state index in [2.05, 4.69) is 10.1 Å². The fraction of sp³-hybridized carbons (Fsp3) is 0.364. The number of carbonyl (C=O) groups is 1. The fourth-order valence-electron chi connectivity index (χ4n) is 1.44. The SMILES string of the molecule is COCCNc1cc(C(=O)OC)cc(I)c1[N+](=O)[O-]. The Balaban J connectivity index is 3.17. The molecule has 0 saturated heterocycles. The maximum atomic E-state index is 11.5. The molecule has 0 unspecified atom stereocenters. The number of ether oxygens (including phenoxy) is 2. The van der Waals surface area contributed by atoms with Crippen LogP contribution in [-0.4, -0.2) is 38.3 Å². The summed E-state index contributed by atoms with van der Waals surface area (Å²) in [5.74, 6) is -0.539. The van der Waals surface area contributed by atoms with Gasteiger partial charge in [-0.05, 0) is 34.7 Å². The van der Waals surface area contributed by atoms with Gasteiger partial charge in [-0.1, -0.05) is 0 Å². The number of hydrogen-bond acceptors (Lipinski definition) is 6. The van der Waals surface area contributed by atoms with Crippen LogP contribution >= 0.6 is 22.6 Å². The van der Waals surface area contributed by atoms with E-state index in [-0.39, 0.29) is 16.9 Å². The van der Waals surface area contributed by atoms with Gasteiger partial charge < -0.3 is 14.8 Å². The second-order valence-electron chi connectivity index (χ2n) is 3.52. The van der Waals surface area contributed by atoms with Gasteiger partial charge in [-0.3, -0.25) is 10.1 Å². The third kappa shape index (κ3) is 4.03. The molecule has 0 radical (unpaired) electrons. The van der Waals surface area contributed by atoms with Gasteiger partial charge in [0.25, 0.3) is 0 Å². The van der Waals surface area contributed by atoms with E-state index < -0.39 is 10.9 Å². The maximum Gasteiger partial charge on any atom is 0.337 e. The zero-order valence-electron chi connectivity index (χ0n) is 10.4. The molecule has 19 heavy (non-hydrogen) atoms. The molecule has 0 aliphatic rings. The molecule has 104 valence electrons. The Labute approximate surface area is 123 Å². The van der Waals surface area contributed by atoms with Gasteiger partial charge in [0, 0.05) is 13.7 Å². The minimum atomic E-state index is -0.539. The van der Waals surface area contributed by atoms with Gasteiger partial charge in [-0.2, -0.15) is 0 Å². The van der Waals surface area contributed by atoms with Crippen LogP contribution in [0.5, 0.6) is 0 Å². The van der Waals surface area contributed by atoms with E-state index in [4.69, 9.17) is 4.74 Å². The van der Waals surface area contributed by atoms with Gasteiger partial charge in [0.15, 0.2) is 0 Å². The van der Waals surface area contributed by atoms with Crippen LogP contribution in [0, 0.1) is 13.7 Å². The molecule has 0 saturated carbocycles. The van der Waals surface area contributed by atoms with Crippen molar-refractivity contribution in [2.75, 3.05) is 32.7 Å². The predicted molar refractivity (Wildman–Crippen MR) is 77.5 cm³/mol. The average Bonchev–Trinajstić information content (AvgIpc) is 2.37. The first-order valence-electron chi connectivity index (χ1n) is 5.30. The van der Waals surface area contributed by atoms with Crippen molar-refractivity contribution in [3.05, 3.63) is 31.4 Å². The van der Waals surface area contributed by atoms with Gasteiger partial charge in [0.1, 0.15) is 5.69 Å². The van der Waals surface area contributed by atoms with Crippen molar-refractivity contribution >= 4 is 39.9 Å². The second kappa shape index (κ2) is 7.24. The normalized spacial score (nSPS) is 10.1. The molecule has 0 aromatic heterocycles. The molecule has 0 heterocycles. The third-order valence-electron chi connectivity index (χ3n) is 2.29. The number of nitro groups is 1. The van der Waals surface area contributed by atoms with Gasteiger partial charge >= 0.3 is 11.7 Å². The maximum absolute atomic E-state index is 11.5. The van der Waals surface area contributed by atoms with Crippen molar-refractivity contribution in [3.63, 3.8) is 0 Å². The van der Waals surface area contributed by atoms with E-state index in [9.17, 15) is 14.9 Å². The fourth-order valence-corrected chi connectivity index (χ4v) is 2.27. The number of nitro benzene ring substituents is 1. The molecule has 1 aromatic carbocycles. The van der Waals surface area contributed by atoms with Crippen molar-refractivity contribution in [3.8, 4) is 0 Å². The lowest BCUT2D eigenvalue weighted by Crippen LogP contribution is -2.11. The van der Waals surface area contributed by atoms with E-state index >= 15 is 0 Å². The molecule has 8 heteroatoms. The Kier molecular flexibility index (Phi) is 5.96. The van der Waals surface area contributed by atoms with Crippen molar-refractivity contribution in [1.82, 2.24) is 0 Å². The highest BCUT2D eigenvalue weighted by atomic mass is 127. The quantitative estimate of drug-likeness (QED) is 0.267. The monoisotopic (exact) mass is 380 g/mol. The summed E-state index contributed by atoms with van der Waals surface area (Å²) in [5.41, 5.74) is 0.469. The van der Waals surface area contributed by atoms with Crippen LogP contribution in [-0.2, 0) is 9.47 Å². The van der Waals surface area contributed by atoms with Crippen LogP contribution in [0.4, 0.5) is 11.4 Å². The summed E-state index contributed by atoms with van der Waals surface area (Å²) in [4.78, 5) is 22.0. The molecule has 0 amide bonds. The number of nitrogens with zero attached hydrogens (tertiary/aromatic N) is 1. The number of benzene rings is 1. The highest BCUT2D eigenvalue weighted by Crippen LogP contribution is 2.31. The summed E-state index contributed by atoms with van der Waals surface area (Å²) in [5, 5.41) is 13.9. The first-order valence-corrected chi connectivity index (χ1v) is 6.38. The van der Waals surface area contributed by atoms with Gasteiger partial charge in [0.05, 0.1) is 27.8 Å².